The number of carbonyl (C=O) groups excluding carboxylic acids is 1. The molecule has 0 spiro atoms. The highest BCUT2D eigenvalue weighted by Crippen LogP contribution is 2.34. The average Bonchev–Trinajstić information content (AvgIpc) is 2.99. The van der Waals surface area contributed by atoms with E-state index in [2.05, 4.69) is 25.9 Å². The van der Waals surface area contributed by atoms with Crippen LogP contribution in [-0.2, 0) is 4.74 Å². The molecule has 6 heteroatoms. The van der Waals surface area contributed by atoms with Crippen LogP contribution >= 0.6 is 15.9 Å². The van der Waals surface area contributed by atoms with Crippen LogP contribution < -0.4 is 5.56 Å². The van der Waals surface area contributed by atoms with E-state index in [4.69, 9.17) is 4.74 Å². The van der Waals surface area contributed by atoms with Gasteiger partial charge in [0.1, 0.15) is 5.56 Å². The molecule has 2 heterocycles. The molecule has 130 valence electrons. The maximum Gasteiger partial charge on any atom is 0.344 e. The molecule has 0 atom stereocenters. The SMILES string of the molecule is CCOC(=O)c1c(-c2cccc(Br)c2)c2[nH]c3ccccc3c2[nH]c1=O. The Bertz CT molecular complexity index is 1210. The number of pyridine rings is 1. The molecule has 0 unspecified atom stereocenters. The predicted molar refractivity (Wildman–Crippen MR) is 106 cm³/mol. The van der Waals surface area contributed by atoms with Gasteiger partial charge < -0.3 is 14.7 Å². The maximum atomic E-state index is 12.8. The second kappa shape index (κ2) is 6.46. The minimum absolute atomic E-state index is 0.00371. The smallest absolute Gasteiger partial charge is 0.344 e. The van der Waals surface area contributed by atoms with Crippen molar-refractivity contribution >= 4 is 43.8 Å². The Hall–Kier alpha value is -2.86. The van der Waals surface area contributed by atoms with Crippen molar-refractivity contribution in [1.29, 1.82) is 0 Å². The van der Waals surface area contributed by atoms with E-state index in [1.807, 2.05) is 48.5 Å². The Labute approximate surface area is 157 Å². The number of para-hydroxylation sites is 1. The molecule has 0 bridgehead atoms. The van der Waals surface area contributed by atoms with Crippen molar-refractivity contribution in [3.05, 3.63) is 68.9 Å². The number of benzene rings is 2. The number of fused-ring (bicyclic) bond motifs is 3. The quantitative estimate of drug-likeness (QED) is 0.484. The highest BCUT2D eigenvalue weighted by atomic mass is 79.9. The van der Waals surface area contributed by atoms with E-state index in [1.165, 1.54) is 0 Å². The molecule has 2 aromatic carbocycles. The van der Waals surface area contributed by atoms with E-state index in [-0.39, 0.29) is 12.2 Å². The Kier molecular flexibility index (Phi) is 4.12. The van der Waals surface area contributed by atoms with Crippen molar-refractivity contribution < 1.29 is 9.53 Å². The molecule has 2 aromatic heterocycles. The van der Waals surface area contributed by atoms with Gasteiger partial charge in [0.25, 0.3) is 5.56 Å². The van der Waals surface area contributed by atoms with Crippen LogP contribution in [0.15, 0.2) is 57.8 Å². The van der Waals surface area contributed by atoms with Gasteiger partial charge in [-0.3, -0.25) is 4.79 Å². The fraction of sp³-hybridized carbons (Fsp3) is 0.100. The van der Waals surface area contributed by atoms with Gasteiger partial charge in [-0.1, -0.05) is 46.3 Å². The fourth-order valence-electron chi connectivity index (χ4n) is 3.20. The summed E-state index contributed by atoms with van der Waals surface area (Å²) in [6, 6.07) is 15.2. The summed E-state index contributed by atoms with van der Waals surface area (Å²) >= 11 is 3.46. The molecule has 0 saturated heterocycles. The number of hydrogen-bond acceptors (Lipinski definition) is 3. The molecule has 26 heavy (non-hydrogen) atoms. The fourth-order valence-corrected chi connectivity index (χ4v) is 3.60. The summed E-state index contributed by atoms with van der Waals surface area (Å²) in [6.07, 6.45) is 0. The molecular formula is C20H15BrN2O3. The molecular weight excluding hydrogens is 396 g/mol. The first-order valence-corrected chi connectivity index (χ1v) is 8.99. The second-order valence-corrected chi connectivity index (χ2v) is 6.77. The number of esters is 1. The van der Waals surface area contributed by atoms with Crippen LogP contribution in [0.5, 0.6) is 0 Å². The number of aromatic nitrogens is 2. The van der Waals surface area contributed by atoms with Crippen molar-refractivity contribution in [1.82, 2.24) is 9.97 Å². The molecule has 5 nitrogen and oxygen atoms in total. The summed E-state index contributed by atoms with van der Waals surface area (Å²) in [7, 11) is 0. The number of carbonyl (C=O) groups is 1. The van der Waals surface area contributed by atoms with Gasteiger partial charge in [0.2, 0.25) is 0 Å². The van der Waals surface area contributed by atoms with E-state index >= 15 is 0 Å². The van der Waals surface area contributed by atoms with Crippen LogP contribution in [0.25, 0.3) is 33.1 Å². The number of ether oxygens (including phenoxy) is 1. The first-order valence-electron chi connectivity index (χ1n) is 8.20. The number of aromatic amines is 2. The van der Waals surface area contributed by atoms with Gasteiger partial charge in [0, 0.05) is 20.9 Å². The minimum atomic E-state index is -0.635. The summed E-state index contributed by atoms with van der Waals surface area (Å²) in [5.41, 5.74) is 3.10. The van der Waals surface area contributed by atoms with Crippen LogP contribution in [0, 0.1) is 0 Å². The summed E-state index contributed by atoms with van der Waals surface area (Å²) < 4.78 is 6.00. The van der Waals surface area contributed by atoms with E-state index in [9.17, 15) is 9.59 Å². The van der Waals surface area contributed by atoms with Crippen LogP contribution in [0.2, 0.25) is 0 Å². The first-order chi connectivity index (χ1) is 12.6. The third-order valence-corrected chi connectivity index (χ3v) is 4.76. The van der Waals surface area contributed by atoms with Gasteiger partial charge in [-0.05, 0) is 30.7 Å². The lowest BCUT2D eigenvalue weighted by Gasteiger charge is -2.10. The molecule has 0 fully saturated rings. The molecule has 0 saturated carbocycles. The Morgan fingerprint density at radius 3 is 2.65 bits per heavy atom. The Balaban J connectivity index is 2.17. The number of H-pyrrole nitrogens is 2. The van der Waals surface area contributed by atoms with Crippen LogP contribution in [0.1, 0.15) is 17.3 Å². The van der Waals surface area contributed by atoms with Crippen molar-refractivity contribution in [2.75, 3.05) is 6.61 Å². The number of rotatable bonds is 3. The molecule has 4 rings (SSSR count). The van der Waals surface area contributed by atoms with Gasteiger partial charge in [0.05, 0.1) is 17.6 Å². The normalized spacial score (nSPS) is 11.2. The molecule has 4 aromatic rings. The monoisotopic (exact) mass is 410 g/mol. The first kappa shape index (κ1) is 16.6. The summed E-state index contributed by atoms with van der Waals surface area (Å²) in [4.78, 5) is 31.5. The lowest BCUT2D eigenvalue weighted by Crippen LogP contribution is -2.21. The molecule has 0 aliphatic heterocycles. The van der Waals surface area contributed by atoms with Crippen molar-refractivity contribution in [2.24, 2.45) is 0 Å². The van der Waals surface area contributed by atoms with Gasteiger partial charge in [0.15, 0.2) is 0 Å². The summed E-state index contributed by atoms with van der Waals surface area (Å²) in [5, 5.41) is 0.895. The molecule has 0 amide bonds. The van der Waals surface area contributed by atoms with Gasteiger partial charge >= 0.3 is 5.97 Å². The van der Waals surface area contributed by atoms with Crippen LogP contribution in [-0.4, -0.2) is 22.5 Å². The van der Waals surface area contributed by atoms with Crippen molar-refractivity contribution in [3.8, 4) is 11.1 Å². The third kappa shape index (κ3) is 2.63. The molecule has 0 radical (unpaired) electrons. The maximum absolute atomic E-state index is 12.8. The van der Waals surface area contributed by atoms with E-state index in [0.29, 0.717) is 16.6 Å². The molecule has 0 aliphatic carbocycles. The lowest BCUT2D eigenvalue weighted by atomic mass is 9.99. The predicted octanol–water partition coefficient (Wildman–Crippen LogP) is 4.62. The zero-order valence-corrected chi connectivity index (χ0v) is 15.5. The largest absolute Gasteiger partial charge is 0.462 e. The highest BCUT2D eigenvalue weighted by Gasteiger charge is 2.23. The van der Waals surface area contributed by atoms with Crippen LogP contribution in [0.4, 0.5) is 0 Å². The number of halogens is 1. The topological polar surface area (TPSA) is 75.0 Å². The minimum Gasteiger partial charge on any atom is -0.462 e. The van der Waals surface area contributed by atoms with Crippen LogP contribution in [0.3, 0.4) is 0 Å². The zero-order valence-electron chi connectivity index (χ0n) is 13.9. The standard InChI is InChI=1S/C20H15BrN2O3/c1-2-26-20(25)16-15(11-6-5-7-12(21)10-11)18-17(23-19(16)24)13-8-3-4-9-14(13)22-18/h3-10,22H,2H2,1H3,(H,23,24). The highest BCUT2D eigenvalue weighted by molar-refractivity contribution is 9.10. The zero-order chi connectivity index (χ0) is 18.3. The van der Waals surface area contributed by atoms with Gasteiger partial charge in [-0.25, -0.2) is 4.79 Å². The van der Waals surface area contributed by atoms with E-state index in [1.54, 1.807) is 6.92 Å². The molecule has 2 N–H and O–H groups in total. The van der Waals surface area contributed by atoms with Crippen molar-refractivity contribution in [3.63, 3.8) is 0 Å². The number of hydrogen-bond donors (Lipinski definition) is 2. The Morgan fingerprint density at radius 2 is 1.88 bits per heavy atom. The Morgan fingerprint density at radius 1 is 1.08 bits per heavy atom. The van der Waals surface area contributed by atoms with E-state index < -0.39 is 11.5 Å². The summed E-state index contributed by atoms with van der Waals surface area (Å²) in [5.74, 6) is -0.635. The molecule has 0 aliphatic rings. The summed E-state index contributed by atoms with van der Waals surface area (Å²) in [6.45, 7) is 1.91. The third-order valence-electron chi connectivity index (χ3n) is 4.26. The number of nitrogens with one attached hydrogen (secondary N) is 2. The van der Waals surface area contributed by atoms with Crippen molar-refractivity contribution in [2.45, 2.75) is 6.92 Å². The van der Waals surface area contributed by atoms with Gasteiger partial charge in [-0.15, -0.1) is 0 Å². The van der Waals surface area contributed by atoms with Gasteiger partial charge in [-0.2, -0.15) is 0 Å². The lowest BCUT2D eigenvalue weighted by molar-refractivity contribution is 0.0525. The van der Waals surface area contributed by atoms with E-state index in [0.717, 1.165) is 20.9 Å². The average molecular weight is 411 g/mol. The second-order valence-electron chi connectivity index (χ2n) is 5.86.